The maximum atomic E-state index is 4.52. The lowest BCUT2D eigenvalue weighted by Gasteiger charge is -2.27. The Morgan fingerprint density at radius 2 is 2.05 bits per heavy atom. The van der Waals surface area contributed by atoms with Crippen LogP contribution < -0.4 is 10.2 Å². The van der Waals surface area contributed by atoms with Crippen molar-refractivity contribution in [3.63, 3.8) is 0 Å². The topological polar surface area (TPSA) is 41.1 Å². The van der Waals surface area contributed by atoms with E-state index in [0.29, 0.717) is 12.1 Å². The van der Waals surface area contributed by atoms with E-state index in [4.69, 9.17) is 0 Å². The average Bonchev–Trinajstić information content (AvgIpc) is 2.42. The van der Waals surface area contributed by atoms with Crippen LogP contribution >= 0.6 is 11.8 Å². The maximum absolute atomic E-state index is 4.52. The fourth-order valence-electron chi connectivity index (χ4n) is 1.81. The molecule has 19 heavy (non-hydrogen) atoms. The van der Waals surface area contributed by atoms with Crippen LogP contribution in [-0.2, 0) is 6.54 Å². The minimum Gasteiger partial charge on any atom is -0.355 e. The first kappa shape index (κ1) is 16.2. The monoisotopic (exact) mass is 282 g/mol. The minimum absolute atomic E-state index is 0.468. The Labute approximate surface area is 121 Å². The Hall–Kier alpha value is -0.810. The van der Waals surface area contributed by atoms with Crippen molar-refractivity contribution in [1.29, 1.82) is 0 Å². The van der Waals surface area contributed by atoms with Crippen LogP contribution in [0.4, 0.5) is 5.82 Å². The molecule has 0 spiro atoms. The zero-order valence-electron chi connectivity index (χ0n) is 12.7. The molecule has 0 aliphatic carbocycles. The highest BCUT2D eigenvalue weighted by Crippen LogP contribution is 2.15. The summed E-state index contributed by atoms with van der Waals surface area (Å²) in [5.41, 5.74) is 0.990. The van der Waals surface area contributed by atoms with Gasteiger partial charge in [-0.05, 0) is 12.7 Å². The highest BCUT2D eigenvalue weighted by molar-refractivity contribution is 7.98. The molecule has 1 rings (SSSR count). The van der Waals surface area contributed by atoms with E-state index in [1.165, 1.54) is 0 Å². The van der Waals surface area contributed by atoms with Crippen LogP contribution in [0.15, 0.2) is 12.4 Å². The Bertz CT molecular complexity index is 353. The molecule has 1 unspecified atom stereocenters. The van der Waals surface area contributed by atoms with Crippen LogP contribution in [0.2, 0.25) is 0 Å². The molecule has 1 N–H and O–H groups in total. The standard InChI is InChI=1S/C14H26N4S/c1-6-13(10-19-5)18(4)14-9-16-12(8-17-14)7-15-11(2)3/h8-9,11,13,15H,6-7,10H2,1-5H3. The molecule has 0 aliphatic rings. The fraction of sp³-hybridized carbons (Fsp3) is 0.714. The summed E-state index contributed by atoms with van der Waals surface area (Å²) in [7, 11) is 2.10. The third-order valence-corrected chi connectivity index (χ3v) is 3.84. The van der Waals surface area contributed by atoms with E-state index in [1.807, 2.05) is 24.2 Å². The summed E-state index contributed by atoms with van der Waals surface area (Å²) in [6.07, 6.45) is 7.01. The molecule has 0 fully saturated rings. The van der Waals surface area contributed by atoms with Gasteiger partial charge in [0, 0.05) is 31.4 Å². The van der Waals surface area contributed by atoms with Gasteiger partial charge in [0.15, 0.2) is 0 Å². The van der Waals surface area contributed by atoms with Gasteiger partial charge in [-0.15, -0.1) is 0 Å². The SMILES string of the molecule is CCC(CSC)N(C)c1cnc(CNC(C)C)cn1. The van der Waals surface area contributed by atoms with Gasteiger partial charge in [0.05, 0.1) is 18.1 Å². The first-order valence-electron chi connectivity index (χ1n) is 6.84. The molecular weight excluding hydrogens is 256 g/mol. The van der Waals surface area contributed by atoms with E-state index < -0.39 is 0 Å². The molecule has 0 aliphatic heterocycles. The zero-order valence-corrected chi connectivity index (χ0v) is 13.5. The molecule has 1 heterocycles. The molecule has 0 saturated heterocycles. The summed E-state index contributed by atoms with van der Waals surface area (Å²) >= 11 is 1.87. The summed E-state index contributed by atoms with van der Waals surface area (Å²) in [6.45, 7) is 7.25. The number of nitrogens with zero attached hydrogens (tertiary/aromatic N) is 3. The molecule has 1 atom stereocenters. The zero-order chi connectivity index (χ0) is 14.3. The lowest BCUT2D eigenvalue weighted by atomic mass is 10.2. The van der Waals surface area contributed by atoms with Gasteiger partial charge in [0.25, 0.3) is 0 Å². The predicted octanol–water partition coefficient (Wildman–Crippen LogP) is 2.55. The van der Waals surface area contributed by atoms with Gasteiger partial charge in [-0.25, -0.2) is 4.98 Å². The van der Waals surface area contributed by atoms with Crippen LogP contribution in [0.1, 0.15) is 32.9 Å². The van der Waals surface area contributed by atoms with Crippen molar-refractivity contribution in [2.45, 2.75) is 45.8 Å². The van der Waals surface area contributed by atoms with Crippen LogP contribution in [0.5, 0.6) is 0 Å². The highest BCUT2D eigenvalue weighted by Gasteiger charge is 2.14. The number of hydrogen-bond acceptors (Lipinski definition) is 5. The fourth-order valence-corrected chi connectivity index (χ4v) is 2.66. The second kappa shape index (κ2) is 8.38. The van der Waals surface area contributed by atoms with Gasteiger partial charge >= 0.3 is 0 Å². The van der Waals surface area contributed by atoms with Crippen LogP contribution in [0, 0.1) is 0 Å². The molecule has 108 valence electrons. The van der Waals surface area contributed by atoms with Crippen molar-refractivity contribution in [1.82, 2.24) is 15.3 Å². The van der Waals surface area contributed by atoms with E-state index in [2.05, 4.69) is 54.3 Å². The van der Waals surface area contributed by atoms with Crippen molar-refractivity contribution < 1.29 is 0 Å². The predicted molar refractivity (Wildman–Crippen MR) is 84.9 cm³/mol. The summed E-state index contributed by atoms with van der Waals surface area (Å²) < 4.78 is 0. The molecule has 1 aromatic rings. The lowest BCUT2D eigenvalue weighted by molar-refractivity contribution is 0.579. The van der Waals surface area contributed by atoms with Gasteiger partial charge in [0.2, 0.25) is 0 Å². The lowest BCUT2D eigenvalue weighted by Crippen LogP contribution is -2.34. The molecule has 0 amide bonds. The van der Waals surface area contributed by atoms with Crippen molar-refractivity contribution >= 4 is 17.6 Å². The second-order valence-corrected chi connectivity index (χ2v) is 5.94. The molecule has 4 nitrogen and oxygen atoms in total. The first-order chi connectivity index (χ1) is 9.08. The number of rotatable bonds is 8. The molecule has 0 radical (unpaired) electrons. The number of nitrogens with one attached hydrogen (secondary N) is 1. The number of thioether (sulfide) groups is 1. The van der Waals surface area contributed by atoms with Crippen LogP contribution in [0.25, 0.3) is 0 Å². The van der Waals surface area contributed by atoms with Gasteiger partial charge in [0.1, 0.15) is 5.82 Å². The van der Waals surface area contributed by atoms with Crippen LogP contribution in [0.3, 0.4) is 0 Å². The third-order valence-electron chi connectivity index (χ3n) is 3.12. The van der Waals surface area contributed by atoms with Crippen LogP contribution in [-0.4, -0.2) is 41.1 Å². The van der Waals surface area contributed by atoms with E-state index in [9.17, 15) is 0 Å². The molecule has 0 bridgehead atoms. The molecule has 0 aromatic carbocycles. The Morgan fingerprint density at radius 3 is 2.53 bits per heavy atom. The van der Waals surface area contributed by atoms with E-state index in [1.54, 1.807) is 0 Å². The summed E-state index contributed by atoms with van der Waals surface area (Å²) in [4.78, 5) is 11.2. The first-order valence-corrected chi connectivity index (χ1v) is 8.23. The maximum Gasteiger partial charge on any atom is 0.147 e. The normalized spacial score (nSPS) is 12.7. The van der Waals surface area contributed by atoms with Crippen molar-refractivity contribution in [2.75, 3.05) is 24.0 Å². The average molecular weight is 282 g/mol. The molecule has 0 saturated carbocycles. The van der Waals surface area contributed by atoms with Gasteiger partial charge in [-0.2, -0.15) is 11.8 Å². The highest BCUT2D eigenvalue weighted by atomic mass is 32.2. The van der Waals surface area contributed by atoms with E-state index in [0.717, 1.165) is 30.2 Å². The van der Waals surface area contributed by atoms with Crippen molar-refractivity contribution in [2.24, 2.45) is 0 Å². The molecular formula is C14H26N4S. The second-order valence-electron chi connectivity index (χ2n) is 5.03. The number of hydrogen-bond donors (Lipinski definition) is 1. The van der Waals surface area contributed by atoms with Gasteiger partial charge in [-0.3, -0.25) is 4.98 Å². The summed E-state index contributed by atoms with van der Waals surface area (Å²) in [6, 6.07) is 0.985. The Kier molecular flexibility index (Phi) is 7.16. The number of anilines is 1. The number of aromatic nitrogens is 2. The van der Waals surface area contributed by atoms with Gasteiger partial charge in [-0.1, -0.05) is 20.8 Å². The van der Waals surface area contributed by atoms with E-state index >= 15 is 0 Å². The quantitative estimate of drug-likeness (QED) is 0.793. The smallest absolute Gasteiger partial charge is 0.147 e. The van der Waals surface area contributed by atoms with Crippen molar-refractivity contribution in [3.05, 3.63) is 18.1 Å². The molecule has 1 aromatic heterocycles. The summed E-state index contributed by atoms with van der Waals surface area (Å²) in [5, 5.41) is 3.35. The summed E-state index contributed by atoms with van der Waals surface area (Å²) in [5.74, 6) is 2.07. The largest absolute Gasteiger partial charge is 0.355 e. The Morgan fingerprint density at radius 1 is 1.32 bits per heavy atom. The Balaban J connectivity index is 2.64. The van der Waals surface area contributed by atoms with E-state index in [-0.39, 0.29) is 0 Å². The molecule has 5 heteroatoms. The minimum atomic E-state index is 0.468. The third kappa shape index (κ3) is 5.37. The van der Waals surface area contributed by atoms with Gasteiger partial charge < -0.3 is 10.2 Å². The van der Waals surface area contributed by atoms with Crippen molar-refractivity contribution in [3.8, 4) is 0 Å².